The summed E-state index contributed by atoms with van der Waals surface area (Å²) in [5, 5.41) is 15.6. The highest BCUT2D eigenvalue weighted by molar-refractivity contribution is 6.43. The maximum absolute atomic E-state index is 13.7. The molecule has 4 aromatic rings. The van der Waals surface area contributed by atoms with E-state index in [1.54, 1.807) is 36.4 Å². The van der Waals surface area contributed by atoms with E-state index in [2.05, 4.69) is 5.32 Å². The fourth-order valence-electron chi connectivity index (χ4n) is 5.55. The summed E-state index contributed by atoms with van der Waals surface area (Å²) in [6.07, 6.45) is -0.694. The van der Waals surface area contributed by atoms with Gasteiger partial charge in [-0.1, -0.05) is 101 Å². The first-order valence-electron chi connectivity index (χ1n) is 15.8. The number of carbonyl (C=O) groups is 4. The van der Waals surface area contributed by atoms with Gasteiger partial charge in [0, 0.05) is 37.1 Å². The normalized spacial score (nSPS) is 13.5. The molecule has 2 N–H and O–H groups in total. The van der Waals surface area contributed by atoms with E-state index in [0.717, 1.165) is 16.0 Å². The Kier molecular flexibility index (Phi) is 12.8. The Morgan fingerprint density at radius 1 is 0.800 bits per heavy atom. The molecule has 2 atom stereocenters. The fourth-order valence-corrected chi connectivity index (χ4v) is 6.27. The zero-order valence-electron chi connectivity index (χ0n) is 26.7. The zero-order chi connectivity index (χ0) is 35.8. The maximum Gasteiger partial charge on any atom is 0.261 e. The number of halogens is 4. The number of nitrogens with zero attached hydrogens (tertiary/aromatic N) is 2. The Bertz CT molecular complexity index is 1820. The van der Waals surface area contributed by atoms with Gasteiger partial charge < -0.3 is 20.1 Å². The summed E-state index contributed by atoms with van der Waals surface area (Å²) in [4.78, 5) is 55.3. The molecule has 2 unspecified atom stereocenters. The average Bonchev–Trinajstić information content (AvgIpc) is 3.35. The molecule has 0 aromatic heterocycles. The van der Waals surface area contributed by atoms with E-state index in [1.807, 2.05) is 42.5 Å². The lowest BCUT2D eigenvalue weighted by Gasteiger charge is -2.31. The van der Waals surface area contributed by atoms with Crippen molar-refractivity contribution in [2.75, 3.05) is 26.2 Å². The van der Waals surface area contributed by atoms with E-state index in [-0.39, 0.29) is 59.2 Å². The lowest BCUT2D eigenvalue weighted by atomic mass is 10.00. The molecule has 0 bridgehead atoms. The summed E-state index contributed by atoms with van der Waals surface area (Å²) in [7, 11) is 0. The molecule has 13 heteroatoms. The van der Waals surface area contributed by atoms with Gasteiger partial charge in [0.25, 0.3) is 17.7 Å². The second-order valence-corrected chi connectivity index (χ2v) is 13.3. The van der Waals surface area contributed by atoms with Crippen LogP contribution in [0.1, 0.15) is 38.3 Å². The van der Waals surface area contributed by atoms with Crippen molar-refractivity contribution in [3.63, 3.8) is 0 Å². The Morgan fingerprint density at radius 3 is 2.08 bits per heavy atom. The van der Waals surface area contributed by atoms with Crippen LogP contribution in [0.3, 0.4) is 0 Å². The molecule has 0 fully saturated rings. The van der Waals surface area contributed by atoms with Gasteiger partial charge in [-0.3, -0.25) is 24.1 Å². The highest BCUT2D eigenvalue weighted by atomic mass is 35.5. The topological polar surface area (TPSA) is 116 Å². The van der Waals surface area contributed by atoms with Crippen LogP contribution in [0, 0.1) is 0 Å². The lowest BCUT2D eigenvalue weighted by Crippen LogP contribution is -2.52. The minimum atomic E-state index is -1.22. The summed E-state index contributed by atoms with van der Waals surface area (Å²) in [6, 6.07) is 25.0. The molecule has 1 heterocycles. The molecule has 5 rings (SSSR count). The van der Waals surface area contributed by atoms with Crippen LogP contribution in [0.15, 0.2) is 91.0 Å². The van der Waals surface area contributed by atoms with E-state index in [1.165, 1.54) is 17.0 Å². The van der Waals surface area contributed by atoms with E-state index in [0.29, 0.717) is 22.6 Å². The van der Waals surface area contributed by atoms with Crippen molar-refractivity contribution < 1.29 is 29.0 Å². The number of carbonyl (C=O) groups excluding carboxylic acids is 4. The molecular formula is C37H33Cl4N3O6. The molecule has 1 aliphatic rings. The number of amides is 4. The van der Waals surface area contributed by atoms with Gasteiger partial charge in [0.15, 0.2) is 6.61 Å². The zero-order valence-corrected chi connectivity index (χ0v) is 29.7. The quantitative estimate of drug-likeness (QED) is 0.105. The van der Waals surface area contributed by atoms with Gasteiger partial charge >= 0.3 is 0 Å². The van der Waals surface area contributed by atoms with Crippen LogP contribution in [-0.2, 0) is 22.4 Å². The molecule has 0 saturated carbocycles. The monoisotopic (exact) mass is 755 g/mol. The van der Waals surface area contributed by atoms with Crippen molar-refractivity contribution in [2.45, 2.75) is 31.4 Å². The summed E-state index contributed by atoms with van der Waals surface area (Å²) in [6.45, 7) is -0.497. The summed E-state index contributed by atoms with van der Waals surface area (Å²) in [5.74, 6) is -1.68. The Hall–Kier alpha value is -4.12. The van der Waals surface area contributed by atoms with Crippen molar-refractivity contribution in [1.82, 2.24) is 15.1 Å². The second kappa shape index (κ2) is 17.2. The molecule has 4 amide bonds. The highest BCUT2D eigenvalue weighted by Crippen LogP contribution is 2.33. The standard InChI is InChI=1S/C37H33Cl4N3O6/c38-25-12-10-23(11-13-25)14-16-43(35(47)15-17-44-36(48)26-8-4-5-9-27(26)37(44)49)21-32(45)31(18-24-6-2-1-3-7-24)42-34(46)22-50-33-20-29(40)28(39)19-30(33)41/h1-13,19-20,31-32,45H,14-18,21-22H2,(H,42,46). The molecule has 0 radical (unpaired) electrons. The molecular weight excluding hydrogens is 724 g/mol. The van der Waals surface area contributed by atoms with Gasteiger partial charge in [0.1, 0.15) is 5.75 Å². The molecule has 50 heavy (non-hydrogen) atoms. The van der Waals surface area contributed by atoms with Crippen molar-refractivity contribution >= 4 is 70.0 Å². The van der Waals surface area contributed by atoms with Crippen LogP contribution in [0.5, 0.6) is 5.75 Å². The summed E-state index contributed by atoms with van der Waals surface area (Å²) in [5.41, 5.74) is 2.35. The fraction of sp³-hybridized carbons (Fsp3) is 0.243. The third kappa shape index (κ3) is 9.56. The second-order valence-electron chi connectivity index (χ2n) is 11.7. The number of imide groups is 1. The highest BCUT2D eigenvalue weighted by Gasteiger charge is 2.35. The van der Waals surface area contributed by atoms with Crippen molar-refractivity contribution in [1.29, 1.82) is 0 Å². The van der Waals surface area contributed by atoms with Crippen LogP contribution >= 0.6 is 46.4 Å². The maximum atomic E-state index is 13.7. The Morgan fingerprint density at radius 2 is 1.42 bits per heavy atom. The molecule has 0 spiro atoms. The molecule has 260 valence electrons. The molecule has 0 aliphatic carbocycles. The Balaban J connectivity index is 1.30. The predicted molar refractivity (Wildman–Crippen MR) is 193 cm³/mol. The lowest BCUT2D eigenvalue weighted by molar-refractivity contribution is -0.133. The molecule has 0 saturated heterocycles. The van der Waals surface area contributed by atoms with E-state index in [9.17, 15) is 24.3 Å². The van der Waals surface area contributed by atoms with Crippen LogP contribution < -0.4 is 10.1 Å². The molecule has 1 aliphatic heterocycles. The predicted octanol–water partition coefficient (Wildman–Crippen LogP) is 6.53. The van der Waals surface area contributed by atoms with Crippen LogP contribution in [0.4, 0.5) is 0 Å². The summed E-state index contributed by atoms with van der Waals surface area (Å²) >= 11 is 24.3. The number of hydrogen-bond donors (Lipinski definition) is 2. The van der Waals surface area contributed by atoms with Gasteiger partial charge in [0.2, 0.25) is 5.91 Å². The van der Waals surface area contributed by atoms with Gasteiger partial charge in [-0.05, 0) is 54.3 Å². The van der Waals surface area contributed by atoms with Crippen molar-refractivity contribution in [3.05, 3.63) is 133 Å². The number of aliphatic hydroxyl groups is 1. The van der Waals surface area contributed by atoms with Crippen molar-refractivity contribution in [2.24, 2.45) is 0 Å². The van der Waals surface area contributed by atoms with Crippen LogP contribution in [0.2, 0.25) is 20.1 Å². The van der Waals surface area contributed by atoms with Crippen LogP contribution in [0.25, 0.3) is 0 Å². The van der Waals surface area contributed by atoms with Gasteiger partial charge in [-0.2, -0.15) is 0 Å². The van der Waals surface area contributed by atoms with Gasteiger partial charge in [-0.25, -0.2) is 0 Å². The van der Waals surface area contributed by atoms with E-state index < -0.39 is 36.5 Å². The first kappa shape index (κ1) is 37.1. The summed E-state index contributed by atoms with van der Waals surface area (Å²) < 4.78 is 5.60. The number of hydrogen-bond acceptors (Lipinski definition) is 6. The largest absolute Gasteiger partial charge is 0.482 e. The number of nitrogens with one attached hydrogen (secondary N) is 1. The minimum absolute atomic E-state index is 0.127. The third-order valence-corrected chi connectivity index (χ3v) is 9.48. The number of fused-ring (bicyclic) bond motifs is 1. The smallest absolute Gasteiger partial charge is 0.261 e. The SMILES string of the molecule is O=C(COc1cc(Cl)c(Cl)cc1Cl)NC(Cc1ccccc1)C(O)CN(CCc1ccc(Cl)cc1)C(=O)CCN1C(=O)c2ccccc2C1=O. The van der Waals surface area contributed by atoms with Gasteiger partial charge in [-0.15, -0.1) is 0 Å². The first-order valence-corrected chi connectivity index (χ1v) is 17.3. The first-order chi connectivity index (χ1) is 24.0. The number of ether oxygens (including phenoxy) is 1. The van der Waals surface area contributed by atoms with Crippen LogP contribution in [-0.4, -0.2) is 76.9 Å². The minimum Gasteiger partial charge on any atom is -0.482 e. The number of rotatable bonds is 15. The number of aliphatic hydroxyl groups excluding tert-OH is 1. The molecule has 9 nitrogen and oxygen atoms in total. The van der Waals surface area contributed by atoms with Crippen molar-refractivity contribution in [3.8, 4) is 5.75 Å². The Labute approximate surface area is 309 Å². The average molecular weight is 757 g/mol. The van der Waals surface area contributed by atoms with E-state index in [4.69, 9.17) is 51.1 Å². The third-order valence-electron chi connectivity index (χ3n) is 8.21. The number of benzene rings is 4. The van der Waals surface area contributed by atoms with E-state index >= 15 is 0 Å². The molecule has 4 aromatic carbocycles. The van der Waals surface area contributed by atoms with Gasteiger partial charge in [0.05, 0.1) is 38.3 Å².